The minimum atomic E-state index is -0.105. The number of H-pyrrole nitrogens is 1. The van der Waals surface area contributed by atoms with Crippen LogP contribution in [0.25, 0.3) is 0 Å². The lowest BCUT2D eigenvalue weighted by Crippen LogP contribution is -2.42. The molecular formula is C25H33N5O2. The number of likely N-dealkylation sites (tertiary alicyclic amines) is 1. The van der Waals surface area contributed by atoms with E-state index in [4.69, 9.17) is 4.98 Å². The second-order valence-corrected chi connectivity index (χ2v) is 9.65. The van der Waals surface area contributed by atoms with Gasteiger partial charge in [0, 0.05) is 50.6 Å². The van der Waals surface area contributed by atoms with Crippen LogP contribution in [-0.2, 0) is 24.3 Å². The Kier molecular flexibility index (Phi) is 6.35. The van der Waals surface area contributed by atoms with Crippen LogP contribution in [-0.4, -0.2) is 43.7 Å². The molecule has 7 heteroatoms. The molecule has 2 fully saturated rings. The smallest absolute Gasteiger partial charge is 0.254 e. The zero-order chi connectivity index (χ0) is 21.9. The molecule has 0 unspecified atom stereocenters. The summed E-state index contributed by atoms with van der Waals surface area (Å²) in [5.74, 6) is 1.45. The van der Waals surface area contributed by atoms with Crippen molar-refractivity contribution < 1.29 is 4.79 Å². The average molecular weight is 436 g/mol. The lowest BCUT2D eigenvalue weighted by Gasteiger charge is -2.36. The van der Waals surface area contributed by atoms with E-state index in [1.54, 1.807) is 0 Å². The summed E-state index contributed by atoms with van der Waals surface area (Å²) in [4.78, 5) is 42.5. The number of fused-ring (bicyclic) bond motifs is 1. The highest BCUT2D eigenvalue weighted by Crippen LogP contribution is 2.33. The molecule has 0 aromatic carbocycles. The van der Waals surface area contributed by atoms with Crippen LogP contribution in [0.15, 0.2) is 29.3 Å². The number of aromatic nitrogens is 3. The van der Waals surface area contributed by atoms with Crippen molar-refractivity contribution >= 4 is 5.91 Å². The molecule has 7 nitrogen and oxygen atoms in total. The standard InChI is InChI=1S/C25H33N5O2/c31-23(15-18-5-1-2-6-18)30-13-4-3-7-22(30)24-27-21-17-29(14-10-20(21)25(32)28-24)16-19-8-11-26-12-9-19/h8-9,11-12,18,22H,1-7,10,13-17H2,(H,27,28,32)/t22-/m0/s1. The van der Waals surface area contributed by atoms with Gasteiger partial charge in [0.25, 0.3) is 5.56 Å². The van der Waals surface area contributed by atoms with Gasteiger partial charge in [0.15, 0.2) is 0 Å². The summed E-state index contributed by atoms with van der Waals surface area (Å²) in [7, 11) is 0. The van der Waals surface area contributed by atoms with Gasteiger partial charge in [-0.3, -0.25) is 19.5 Å². The molecule has 1 aliphatic carbocycles. The van der Waals surface area contributed by atoms with Crippen molar-refractivity contribution in [1.82, 2.24) is 24.8 Å². The number of carbonyl (C=O) groups is 1. The third-order valence-corrected chi connectivity index (χ3v) is 7.40. The van der Waals surface area contributed by atoms with Crippen molar-refractivity contribution in [2.45, 2.75) is 76.9 Å². The molecule has 5 rings (SSSR count). The molecule has 0 radical (unpaired) electrons. The van der Waals surface area contributed by atoms with Crippen LogP contribution in [0.4, 0.5) is 0 Å². The first-order valence-electron chi connectivity index (χ1n) is 12.2. The van der Waals surface area contributed by atoms with Gasteiger partial charge in [-0.1, -0.05) is 12.8 Å². The van der Waals surface area contributed by atoms with E-state index in [0.29, 0.717) is 31.1 Å². The number of hydrogen-bond acceptors (Lipinski definition) is 5. The van der Waals surface area contributed by atoms with E-state index >= 15 is 0 Å². The molecule has 3 aliphatic rings. The third-order valence-electron chi connectivity index (χ3n) is 7.40. The number of rotatable bonds is 5. The number of piperidine rings is 1. The summed E-state index contributed by atoms with van der Waals surface area (Å²) in [6.45, 7) is 3.10. The topological polar surface area (TPSA) is 82.2 Å². The summed E-state index contributed by atoms with van der Waals surface area (Å²) in [5, 5.41) is 0. The van der Waals surface area contributed by atoms with Gasteiger partial charge in [0.05, 0.1) is 11.7 Å². The Morgan fingerprint density at radius 1 is 1.06 bits per heavy atom. The quantitative estimate of drug-likeness (QED) is 0.779. The Morgan fingerprint density at radius 3 is 2.66 bits per heavy atom. The SMILES string of the molecule is O=C(CC1CCCC1)N1CCCC[C@H]1c1nc2c(c(=O)[nH]1)CCN(Cc1ccncc1)C2. The van der Waals surface area contributed by atoms with E-state index < -0.39 is 0 Å². The second kappa shape index (κ2) is 9.53. The predicted octanol–water partition coefficient (Wildman–Crippen LogP) is 3.36. The largest absolute Gasteiger partial charge is 0.333 e. The van der Waals surface area contributed by atoms with Crippen molar-refractivity contribution in [2.75, 3.05) is 13.1 Å². The molecule has 2 aliphatic heterocycles. The minimum Gasteiger partial charge on any atom is -0.333 e. The lowest BCUT2D eigenvalue weighted by atomic mass is 9.97. The Morgan fingerprint density at radius 2 is 1.84 bits per heavy atom. The van der Waals surface area contributed by atoms with E-state index in [9.17, 15) is 9.59 Å². The van der Waals surface area contributed by atoms with Gasteiger partial charge >= 0.3 is 0 Å². The molecule has 1 amide bonds. The number of amides is 1. The first-order valence-corrected chi connectivity index (χ1v) is 12.2. The van der Waals surface area contributed by atoms with Crippen LogP contribution in [0, 0.1) is 5.92 Å². The molecule has 170 valence electrons. The van der Waals surface area contributed by atoms with Crippen LogP contribution in [0.1, 0.15) is 80.1 Å². The monoisotopic (exact) mass is 435 g/mol. The molecule has 1 N–H and O–H groups in total. The third kappa shape index (κ3) is 4.63. The van der Waals surface area contributed by atoms with Gasteiger partial charge in [-0.05, 0) is 62.1 Å². The van der Waals surface area contributed by atoms with Crippen LogP contribution < -0.4 is 5.56 Å². The van der Waals surface area contributed by atoms with Crippen molar-refractivity contribution in [3.8, 4) is 0 Å². The maximum Gasteiger partial charge on any atom is 0.254 e. The van der Waals surface area contributed by atoms with E-state index in [0.717, 1.165) is 50.2 Å². The van der Waals surface area contributed by atoms with Gasteiger partial charge in [-0.15, -0.1) is 0 Å². The van der Waals surface area contributed by atoms with E-state index in [-0.39, 0.29) is 17.5 Å². The number of nitrogens with zero attached hydrogens (tertiary/aromatic N) is 4. The summed E-state index contributed by atoms with van der Waals surface area (Å²) >= 11 is 0. The predicted molar refractivity (Wildman–Crippen MR) is 122 cm³/mol. The highest BCUT2D eigenvalue weighted by molar-refractivity contribution is 5.77. The number of nitrogens with one attached hydrogen (secondary N) is 1. The summed E-state index contributed by atoms with van der Waals surface area (Å²) in [5.41, 5.74) is 2.86. The molecule has 2 aromatic rings. The van der Waals surface area contributed by atoms with Crippen molar-refractivity contribution in [3.63, 3.8) is 0 Å². The fourth-order valence-electron chi connectivity index (χ4n) is 5.65. The van der Waals surface area contributed by atoms with Crippen LogP contribution in [0.2, 0.25) is 0 Å². The van der Waals surface area contributed by atoms with Gasteiger partial charge in [0.1, 0.15) is 5.82 Å². The maximum atomic E-state index is 13.2. The van der Waals surface area contributed by atoms with Crippen LogP contribution in [0.3, 0.4) is 0 Å². The van der Waals surface area contributed by atoms with Gasteiger partial charge in [0.2, 0.25) is 5.91 Å². The molecule has 32 heavy (non-hydrogen) atoms. The zero-order valence-corrected chi connectivity index (χ0v) is 18.8. The lowest BCUT2D eigenvalue weighted by molar-refractivity contribution is -0.136. The second-order valence-electron chi connectivity index (χ2n) is 9.65. The number of pyridine rings is 1. The molecule has 0 bridgehead atoms. The Balaban J connectivity index is 1.35. The first-order chi connectivity index (χ1) is 15.7. The summed E-state index contributed by atoms with van der Waals surface area (Å²) < 4.78 is 0. The van der Waals surface area contributed by atoms with Gasteiger partial charge < -0.3 is 9.88 Å². The zero-order valence-electron chi connectivity index (χ0n) is 18.8. The molecule has 0 spiro atoms. The molecule has 1 saturated heterocycles. The Bertz CT molecular complexity index is 999. The number of carbonyl (C=O) groups excluding carboxylic acids is 1. The molecule has 2 aromatic heterocycles. The highest BCUT2D eigenvalue weighted by atomic mass is 16.2. The summed E-state index contributed by atoms with van der Waals surface area (Å²) in [6, 6.07) is 3.95. The maximum absolute atomic E-state index is 13.2. The van der Waals surface area contributed by atoms with Crippen LogP contribution in [0.5, 0.6) is 0 Å². The fraction of sp³-hybridized carbons (Fsp3) is 0.600. The van der Waals surface area contributed by atoms with Crippen molar-refractivity contribution in [3.05, 3.63) is 57.5 Å². The normalized spacial score (nSPS) is 22.1. The van der Waals surface area contributed by atoms with E-state index in [1.807, 2.05) is 29.4 Å². The minimum absolute atomic E-state index is 0.0256. The molecule has 1 atom stereocenters. The molecule has 1 saturated carbocycles. The fourth-order valence-corrected chi connectivity index (χ4v) is 5.65. The summed E-state index contributed by atoms with van der Waals surface area (Å²) in [6.07, 6.45) is 12.8. The van der Waals surface area contributed by atoms with E-state index in [1.165, 1.54) is 31.2 Å². The van der Waals surface area contributed by atoms with Crippen molar-refractivity contribution in [2.24, 2.45) is 5.92 Å². The van der Waals surface area contributed by atoms with Crippen molar-refractivity contribution in [1.29, 1.82) is 0 Å². The first kappa shape index (κ1) is 21.3. The average Bonchev–Trinajstić information content (AvgIpc) is 3.32. The van der Waals surface area contributed by atoms with E-state index in [2.05, 4.69) is 14.9 Å². The molecule has 4 heterocycles. The number of hydrogen-bond donors (Lipinski definition) is 1. The Hall–Kier alpha value is -2.54. The highest BCUT2D eigenvalue weighted by Gasteiger charge is 2.32. The Labute approximate surface area is 189 Å². The molecular weight excluding hydrogens is 402 g/mol. The van der Waals surface area contributed by atoms with Gasteiger partial charge in [-0.25, -0.2) is 4.98 Å². The number of aromatic amines is 1. The van der Waals surface area contributed by atoms with Gasteiger partial charge in [-0.2, -0.15) is 0 Å². The van der Waals surface area contributed by atoms with Crippen LogP contribution >= 0.6 is 0 Å².